The van der Waals surface area contributed by atoms with E-state index in [1.54, 1.807) is 0 Å². The minimum absolute atomic E-state index is 0.156. The summed E-state index contributed by atoms with van der Waals surface area (Å²) in [6.45, 7) is 0. The van der Waals surface area contributed by atoms with Gasteiger partial charge in [0.2, 0.25) is 11.6 Å². The van der Waals surface area contributed by atoms with Gasteiger partial charge in [0.05, 0.1) is 10.6 Å². The third-order valence-electron chi connectivity index (χ3n) is 2.61. The summed E-state index contributed by atoms with van der Waals surface area (Å²) in [5.41, 5.74) is 15.8. The third-order valence-corrected chi connectivity index (χ3v) is 3.80. The van der Waals surface area contributed by atoms with Gasteiger partial charge in [-0.3, -0.25) is 9.59 Å². The smallest absolute Gasteiger partial charge is 0.264 e. The van der Waals surface area contributed by atoms with Crippen molar-refractivity contribution in [2.75, 3.05) is 0 Å². The lowest BCUT2D eigenvalue weighted by molar-refractivity contribution is -0.111. The highest BCUT2D eigenvalue weighted by Crippen LogP contribution is 2.29. The molecule has 0 unspecified atom stereocenters. The second-order valence-corrected chi connectivity index (χ2v) is 5.29. The first-order valence-electron chi connectivity index (χ1n) is 5.22. The second-order valence-electron chi connectivity index (χ2n) is 3.74. The number of Topliss-reactive ketones (excluding diaryl/α,β-unsaturated/α-hetero) is 2. The molecule has 0 amide bonds. The van der Waals surface area contributed by atoms with E-state index in [0.29, 0.717) is 0 Å². The first-order chi connectivity index (χ1) is 9.92. The van der Waals surface area contributed by atoms with Crippen LogP contribution in [0.25, 0.3) is 27.0 Å². The van der Waals surface area contributed by atoms with Crippen LogP contribution in [0.5, 0.6) is 0 Å². The van der Waals surface area contributed by atoms with Crippen molar-refractivity contribution in [1.29, 1.82) is 0 Å². The minimum atomic E-state index is -4.37. The summed E-state index contributed by atoms with van der Waals surface area (Å²) < 4.78 is 26.3. The molecule has 0 radical (unpaired) electrons. The van der Waals surface area contributed by atoms with Gasteiger partial charge < -0.3 is 0 Å². The highest BCUT2D eigenvalue weighted by atomic mass is 32.2. The number of fused-ring (bicyclic) bond motifs is 1. The molecule has 0 atom stereocenters. The Bertz CT molecular complexity index is 903. The van der Waals surface area contributed by atoms with E-state index in [1.807, 2.05) is 0 Å². The number of azide groups is 2. The molecule has 1 aromatic rings. The van der Waals surface area contributed by atoms with Gasteiger partial charge in [-0.2, -0.15) is 0 Å². The van der Waals surface area contributed by atoms with Crippen LogP contribution in [0.15, 0.2) is 38.4 Å². The number of sulfonamides is 1. The number of nitrogens with zero attached hydrogens (tertiary/aromatic N) is 6. The van der Waals surface area contributed by atoms with Crippen molar-refractivity contribution in [2.24, 2.45) is 9.63 Å². The molecular formula is C10H4N6O4S. The molecule has 0 heterocycles. The Hall–Kier alpha value is -3.13. The van der Waals surface area contributed by atoms with E-state index in [2.05, 4.69) is 19.5 Å². The molecule has 1 aromatic carbocycles. The Kier molecular flexibility index (Phi) is 3.47. The number of benzene rings is 1. The molecule has 11 heteroatoms. The molecule has 0 aromatic heterocycles. The molecule has 21 heavy (non-hydrogen) atoms. The van der Waals surface area contributed by atoms with E-state index in [4.69, 9.17) is 11.1 Å². The molecule has 0 fully saturated rings. The summed E-state index contributed by atoms with van der Waals surface area (Å²) >= 11 is 0. The highest BCUT2D eigenvalue weighted by Gasteiger charge is 2.30. The van der Waals surface area contributed by atoms with Gasteiger partial charge in [-0.1, -0.05) is 17.2 Å². The Morgan fingerprint density at radius 1 is 1.05 bits per heavy atom. The van der Waals surface area contributed by atoms with Gasteiger partial charge in [-0.25, -0.2) is 8.42 Å². The molecule has 0 saturated heterocycles. The number of carbonyl (C=O) groups is 2. The zero-order valence-corrected chi connectivity index (χ0v) is 10.9. The molecule has 0 N–H and O–H groups in total. The van der Waals surface area contributed by atoms with Gasteiger partial charge in [0.25, 0.3) is 10.0 Å². The van der Waals surface area contributed by atoms with Crippen molar-refractivity contribution in [1.82, 2.24) is 0 Å². The van der Waals surface area contributed by atoms with E-state index >= 15 is 0 Å². The van der Waals surface area contributed by atoms with Crippen LogP contribution >= 0.6 is 0 Å². The molecule has 104 valence electrons. The Labute approximate surface area is 117 Å². The lowest BCUT2D eigenvalue weighted by Crippen LogP contribution is -2.21. The maximum Gasteiger partial charge on any atom is 0.264 e. The van der Waals surface area contributed by atoms with Gasteiger partial charge in [0.1, 0.15) is 0 Å². The maximum atomic E-state index is 11.9. The minimum Gasteiger partial charge on any atom is -0.285 e. The fourth-order valence-electron chi connectivity index (χ4n) is 1.77. The predicted molar refractivity (Wildman–Crippen MR) is 69.2 cm³/mol. The lowest BCUT2D eigenvalue weighted by Gasteiger charge is -2.14. The van der Waals surface area contributed by atoms with Crippen molar-refractivity contribution in [3.05, 3.63) is 55.9 Å². The lowest BCUT2D eigenvalue weighted by atomic mass is 9.93. The normalized spacial score (nSPS) is 13.6. The average molecular weight is 304 g/mol. The van der Waals surface area contributed by atoms with Crippen molar-refractivity contribution in [2.45, 2.75) is 4.90 Å². The van der Waals surface area contributed by atoms with Crippen molar-refractivity contribution < 1.29 is 18.0 Å². The monoisotopic (exact) mass is 304 g/mol. The number of allylic oxidation sites excluding steroid dienone is 1. The standard InChI is InChI=1S/C10H4N6O4S/c11-14-13-7-4-6-5(9(17)10(7)18)2-1-3-8(6)21(19,20)16-15-12/h1-4H. The van der Waals surface area contributed by atoms with Gasteiger partial charge in [-0.15, -0.1) is 0 Å². The van der Waals surface area contributed by atoms with Crippen LogP contribution in [-0.2, 0) is 14.8 Å². The molecule has 0 aliphatic heterocycles. The third kappa shape index (κ3) is 2.35. The summed E-state index contributed by atoms with van der Waals surface area (Å²) in [5.74, 6) is -2.05. The predicted octanol–water partition coefficient (Wildman–Crippen LogP) is 2.10. The van der Waals surface area contributed by atoms with Crippen LogP contribution in [0.1, 0.15) is 15.9 Å². The number of hydrogen-bond donors (Lipinski definition) is 0. The van der Waals surface area contributed by atoms with E-state index in [1.165, 1.54) is 12.1 Å². The summed E-state index contributed by atoms with van der Waals surface area (Å²) in [6.07, 6.45) is 0.971. The zero-order chi connectivity index (χ0) is 15.6. The Morgan fingerprint density at radius 3 is 2.38 bits per heavy atom. The molecular weight excluding hydrogens is 300 g/mol. The van der Waals surface area contributed by atoms with Gasteiger partial charge in [0, 0.05) is 25.5 Å². The summed E-state index contributed by atoms with van der Waals surface area (Å²) in [4.78, 5) is 27.7. The van der Waals surface area contributed by atoms with Crippen molar-refractivity contribution >= 4 is 27.7 Å². The zero-order valence-electron chi connectivity index (χ0n) is 10.0. The van der Waals surface area contributed by atoms with E-state index < -0.39 is 32.2 Å². The number of hydrogen-bond acceptors (Lipinski definition) is 5. The van der Waals surface area contributed by atoms with Gasteiger partial charge >= 0.3 is 0 Å². The van der Waals surface area contributed by atoms with Crippen LogP contribution in [-0.4, -0.2) is 20.0 Å². The largest absolute Gasteiger partial charge is 0.285 e. The maximum absolute atomic E-state index is 11.9. The van der Waals surface area contributed by atoms with Crippen LogP contribution in [0.2, 0.25) is 0 Å². The van der Waals surface area contributed by atoms with Gasteiger partial charge in [0.15, 0.2) is 0 Å². The molecule has 0 saturated carbocycles. The molecule has 10 nitrogen and oxygen atoms in total. The van der Waals surface area contributed by atoms with Crippen LogP contribution in [0.3, 0.4) is 0 Å². The first kappa shape index (κ1) is 14.3. The van der Waals surface area contributed by atoms with E-state index in [-0.39, 0.29) is 11.1 Å². The van der Waals surface area contributed by atoms with Crippen LogP contribution < -0.4 is 0 Å². The highest BCUT2D eigenvalue weighted by molar-refractivity contribution is 7.90. The van der Waals surface area contributed by atoms with Crippen molar-refractivity contribution in [3.8, 4) is 0 Å². The average Bonchev–Trinajstić information content (AvgIpc) is 2.44. The Morgan fingerprint density at radius 2 is 1.76 bits per heavy atom. The van der Waals surface area contributed by atoms with E-state index in [9.17, 15) is 18.0 Å². The first-order valence-corrected chi connectivity index (χ1v) is 6.66. The fourth-order valence-corrected chi connectivity index (χ4v) is 2.65. The van der Waals surface area contributed by atoms with Gasteiger partial charge in [-0.05, 0) is 23.2 Å². The molecule has 2 rings (SSSR count). The Balaban J connectivity index is 2.86. The molecule has 0 spiro atoms. The summed E-state index contributed by atoms with van der Waals surface area (Å²) in [5, 5.41) is 3.06. The quantitative estimate of drug-likeness (QED) is 0.361. The summed E-state index contributed by atoms with van der Waals surface area (Å²) in [7, 11) is -4.37. The number of carbonyl (C=O) groups excluding carboxylic acids is 2. The number of ketones is 2. The van der Waals surface area contributed by atoms with Crippen LogP contribution in [0, 0.1) is 0 Å². The topological polar surface area (TPSA) is 166 Å². The fraction of sp³-hybridized carbons (Fsp3) is 0. The molecule has 1 aliphatic carbocycles. The number of rotatable bonds is 3. The second kappa shape index (κ2) is 5.10. The molecule has 0 bridgehead atoms. The SMILES string of the molecule is [N-]=[N+]=NC1=Cc2c(cccc2S(=O)(=O)N=[N+]=[N-])C(=O)C1=O. The van der Waals surface area contributed by atoms with Crippen LogP contribution in [0.4, 0.5) is 0 Å². The summed E-state index contributed by atoms with van der Waals surface area (Å²) in [6, 6.07) is 3.58. The molecule has 1 aliphatic rings. The van der Waals surface area contributed by atoms with E-state index in [0.717, 1.165) is 12.1 Å². The van der Waals surface area contributed by atoms with Crippen molar-refractivity contribution in [3.63, 3.8) is 0 Å².